The molecular weight excluding hydrogens is 342 g/mol. The lowest BCUT2D eigenvalue weighted by Gasteiger charge is -2.29. The highest BCUT2D eigenvalue weighted by Gasteiger charge is 2.19. The monoisotopic (exact) mass is 365 g/mol. The number of aryl methyl sites for hydroxylation is 1. The van der Waals surface area contributed by atoms with Gasteiger partial charge < -0.3 is 14.5 Å². The molecule has 1 aromatic heterocycles. The molecule has 140 valence electrons. The maximum atomic E-state index is 12.5. The summed E-state index contributed by atoms with van der Waals surface area (Å²) in [5.74, 6) is 1.75. The Hall–Kier alpha value is -2.86. The van der Waals surface area contributed by atoms with Gasteiger partial charge in [0.2, 0.25) is 0 Å². The Labute approximate surface area is 157 Å². The second-order valence-corrected chi connectivity index (χ2v) is 6.91. The highest BCUT2D eigenvalue weighted by atomic mass is 16.5. The number of nitrogens with zero attached hydrogens (tertiary/aromatic N) is 2. The molecule has 0 saturated heterocycles. The van der Waals surface area contributed by atoms with Gasteiger partial charge in [-0.1, -0.05) is 18.2 Å². The first-order valence-electron chi connectivity index (χ1n) is 9.03. The zero-order valence-electron chi connectivity index (χ0n) is 15.8. The molecule has 6 nitrogen and oxygen atoms in total. The van der Waals surface area contributed by atoms with Gasteiger partial charge in [-0.25, -0.2) is 4.98 Å². The first-order valence-corrected chi connectivity index (χ1v) is 9.03. The number of methoxy groups -OCH3 is 2. The molecule has 1 aliphatic heterocycles. The molecule has 2 heterocycles. The summed E-state index contributed by atoms with van der Waals surface area (Å²) in [5, 5.41) is 0.496. The van der Waals surface area contributed by atoms with Crippen LogP contribution in [0.3, 0.4) is 0 Å². The molecule has 0 radical (unpaired) electrons. The molecule has 1 aliphatic rings. The molecule has 0 aliphatic carbocycles. The second kappa shape index (κ2) is 7.04. The van der Waals surface area contributed by atoms with Gasteiger partial charge in [0.25, 0.3) is 5.56 Å². The third-order valence-electron chi connectivity index (χ3n) is 5.21. The van der Waals surface area contributed by atoms with Crippen molar-refractivity contribution in [3.8, 4) is 11.5 Å². The zero-order chi connectivity index (χ0) is 19.0. The molecule has 4 rings (SSSR count). The number of fused-ring (bicyclic) bond motifs is 2. The van der Waals surface area contributed by atoms with E-state index in [0.29, 0.717) is 34.8 Å². The first-order chi connectivity index (χ1) is 13.1. The molecule has 3 aromatic rings. The fourth-order valence-electron chi connectivity index (χ4n) is 3.79. The molecule has 27 heavy (non-hydrogen) atoms. The number of nitrogens with one attached hydrogen (secondary N) is 1. The lowest BCUT2D eigenvalue weighted by atomic mass is 9.95. The van der Waals surface area contributed by atoms with Crippen LogP contribution < -0.4 is 15.0 Å². The van der Waals surface area contributed by atoms with Crippen LogP contribution >= 0.6 is 0 Å². The Balaban J connectivity index is 1.64. The molecule has 1 N–H and O–H groups in total. The number of rotatable bonds is 4. The summed E-state index contributed by atoms with van der Waals surface area (Å²) < 4.78 is 10.6. The van der Waals surface area contributed by atoms with Crippen molar-refractivity contribution in [3.63, 3.8) is 0 Å². The van der Waals surface area contributed by atoms with E-state index in [-0.39, 0.29) is 5.56 Å². The molecule has 0 unspecified atom stereocenters. The van der Waals surface area contributed by atoms with E-state index in [1.54, 1.807) is 26.4 Å². The van der Waals surface area contributed by atoms with Gasteiger partial charge in [-0.2, -0.15) is 0 Å². The molecule has 0 atom stereocenters. The van der Waals surface area contributed by atoms with Gasteiger partial charge in [0, 0.05) is 19.2 Å². The van der Waals surface area contributed by atoms with E-state index in [4.69, 9.17) is 9.47 Å². The fourth-order valence-corrected chi connectivity index (χ4v) is 3.79. The van der Waals surface area contributed by atoms with E-state index in [1.807, 2.05) is 0 Å². The van der Waals surface area contributed by atoms with Crippen LogP contribution in [0.25, 0.3) is 10.9 Å². The van der Waals surface area contributed by atoms with Crippen molar-refractivity contribution in [2.45, 2.75) is 26.4 Å². The number of H-pyrrole nitrogens is 1. The standard InChI is InChI=1S/C21H23N3O3/c1-13-5-4-6-14-11-24(8-7-15(13)14)12-20-22-17-10-19(27-3)18(26-2)9-16(17)21(25)23-20/h4-6,9-10H,7-8,11-12H2,1-3H3,(H,22,23,25). The van der Waals surface area contributed by atoms with E-state index in [2.05, 4.69) is 40.0 Å². The van der Waals surface area contributed by atoms with E-state index >= 15 is 0 Å². The molecule has 6 heteroatoms. The highest BCUT2D eigenvalue weighted by molar-refractivity contribution is 5.81. The highest BCUT2D eigenvalue weighted by Crippen LogP contribution is 2.30. The summed E-state index contributed by atoms with van der Waals surface area (Å²) in [7, 11) is 3.13. The van der Waals surface area contributed by atoms with Crippen LogP contribution in [0.2, 0.25) is 0 Å². The summed E-state index contributed by atoms with van der Waals surface area (Å²) in [6, 6.07) is 9.87. The van der Waals surface area contributed by atoms with E-state index < -0.39 is 0 Å². The zero-order valence-corrected chi connectivity index (χ0v) is 15.8. The van der Waals surface area contributed by atoms with Crippen molar-refractivity contribution in [2.24, 2.45) is 0 Å². The van der Waals surface area contributed by atoms with Crippen LogP contribution in [-0.4, -0.2) is 35.6 Å². The quantitative estimate of drug-likeness (QED) is 0.770. The molecule has 0 saturated carbocycles. The Kier molecular flexibility index (Phi) is 4.58. The molecule has 0 bridgehead atoms. The van der Waals surface area contributed by atoms with Crippen molar-refractivity contribution >= 4 is 10.9 Å². The van der Waals surface area contributed by atoms with E-state index in [9.17, 15) is 4.79 Å². The SMILES string of the molecule is COc1cc2nc(CN3CCc4c(C)cccc4C3)[nH]c(=O)c2cc1OC. The summed E-state index contributed by atoms with van der Waals surface area (Å²) >= 11 is 0. The van der Waals surface area contributed by atoms with Gasteiger partial charge in [-0.3, -0.25) is 9.69 Å². The summed E-state index contributed by atoms with van der Waals surface area (Å²) in [4.78, 5) is 22.4. The van der Waals surface area contributed by atoms with Crippen molar-refractivity contribution in [2.75, 3.05) is 20.8 Å². The van der Waals surface area contributed by atoms with Crippen LogP contribution in [0.5, 0.6) is 11.5 Å². The fraction of sp³-hybridized carbons (Fsp3) is 0.333. The lowest BCUT2D eigenvalue weighted by Crippen LogP contribution is -2.31. The minimum absolute atomic E-state index is 0.163. The summed E-state index contributed by atoms with van der Waals surface area (Å²) in [6.07, 6.45) is 1.02. The van der Waals surface area contributed by atoms with Gasteiger partial charge in [-0.05, 0) is 36.1 Å². The number of aromatic amines is 1. The lowest BCUT2D eigenvalue weighted by molar-refractivity contribution is 0.239. The van der Waals surface area contributed by atoms with Gasteiger partial charge in [0.1, 0.15) is 5.82 Å². The molecule has 0 amide bonds. The predicted octanol–water partition coefficient (Wildman–Crippen LogP) is 2.81. The largest absolute Gasteiger partial charge is 0.493 e. The minimum Gasteiger partial charge on any atom is -0.493 e. The van der Waals surface area contributed by atoms with Crippen molar-refractivity contribution in [3.05, 3.63) is 63.2 Å². The Morgan fingerprint density at radius 3 is 2.74 bits per heavy atom. The average Bonchev–Trinajstić information content (AvgIpc) is 2.67. The minimum atomic E-state index is -0.163. The van der Waals surface area contributed by atoms with Crippen LogP contribution in [0.4, 0.5) is 0 Å². The molecule has 2 aromatic carbocycles. The molecule has 0 spiro atoms. The van der Waals surface area contributed by atoms with E-state index in [1.165, 1.54) is 16.7 Å². The Morgan fingerprint density at radius 1 is 1.19 bits per heavy atom. The summed E-state index contributed by atoms with van der Waals surface area (Å²) in [5.41, 5.74) is 4.61. The maximum absolute atomic E-state index is 12.5. The van der Waals surface area contributed by atoms with Crippen LogP contribution in [0.1, 0.15) is 22.5 Å². The van der Waals surface area contributed by atoms with Gasteiger partial charge in [0.05, 0.1) is 31.7 Å². The second-order valence-electron chi connectivity index (χ2n) is 6.91. The third-order valence-corrected chi connectivity index (χ3v) is 5.21. The summed E-state index contributed by atoms with van der Waals surface area (Å²) in [6.45, 7) is 4.58. The Morgan fingerprint density at radius 2 is 1.96 bits per heavy atom. The third kappa shape index (κ3) is 3.28. The van der Waals surface area contributed by atoms with Crippen LogP contribution in [-0.2, 0) is 19.5 Å². The van der Waals surface area contributed by atoms with E-state index in [0.717, 1.165) is 19.5 Å². The topological polar surface area (TPSA) is 67.5 Å². The maximum Gasteiger partial charge on any atom is 0.258 e. The van der Waals surface area contributed by atoms with Crippen LogP contribution in [0.15, 0.2) is 35.1 Å². The first kappa shape index (κ1) is 17.5. The van der Waals surface area contributed by atoms with Gasteiger partial charge in [0.15, 0.2) is 11.5 Å². The van der Waals surface area contributed by atoms with Crippen molar-refractivity contribution in [1.29, 1.82) is 0 Å². The van der Waals surface area contributed by atoms with Crippen molar-refractivity contribution < 1.29 is 9.47 Å². The number of ether oxygens (including phenoxy) is 2. The average molecular weight is 365 g/mol. The molecular formula is C21H23N3O3. The number of aromatic nitrogens is 2. The number of benzene rings is 2. The Bertz CT molecular complexity index is 1060. The van der Waals surface area contributed by atoms with Gasteiger partial charge in [-0.15, -0.1) is 0 Å². The normalized spacial score (nSPS) is 14.2. The van der Waals surface area contributed by atoms with Crippen LogP contribution in [0, 0.1) is 6.92 Å². The predicted molar refractivity (Wildman–Crippen MR) is 104 cm³/mol. The molecule has 0 fully saturated rings. The number of hydrogen-bond acceptors (Lipinski definition) is 5. The number of hydrogen-bond donors (Lipinski definition) is 1. The van der Waals surface area contributed by atoms with Crippen molar-refractivity contribution in [1.82, 2.24) is 14.9 Å². The van der Waals surface area contributed by atoms with Gasteiger partial charge >= 0.3 is 0 Å². The smallest absolute Gasteiger partial charge is 0.258 e.